The largest absolute Gasteiger partial charge is 0.493 e. The van der Waals surface area contributed by atoms with E-state index in [0.29, 0.717) is 32.3 Å². The third-order valence-corrected chi connectivity index (χ3v) is 6.20. The van der Waals surface area contributed by atoms with Crippen molar-refractivity contribution in [1.29, 1.82) is 0 Å². The Hall–Kier alpha value is -2.15. The monoisotopic (exact) mass is 447 g/mol. The van der Waals surface area contributed by atoms with Gasteiger partial charge in [-0.2, -0.15) is 0 Å². The van der Waals surface area contributed by atoms with E-state index in [2.05, 4.69) is 5.32 Å². The Morgan fingerprint density at radius 3 is 2.48 bits per heavy atom. The zero-order valence-electron chi connectivity index (χ0n) is 16.6. The van der Waals surface area contributed by atoms with Crippen molar-refractivity contribution in [3.8, 4) is 21.9 Å². The molecule has 1 amide bonds. The molecule has 0 aliphatic rings. The first kappa shape index (κ1) is 21.6. The van der Waals surface area contributed by atoms with Crippen molar-refractivity contribution in [3.05, 3.63) is 64.0 Å². The number of nitrogens with one attached hydrogen (secondary N) is 1. The fourth-order valence-electron chi connectivity index (χ4n) is 2.61. The Balaban J connectivity index is 1.77. The van der Waals surface area contributed by atoms with Gasteiger partial charge in [0.05, 0.1) is 24.0 Å². The lowest BCUT2D eigenvalue weighted by Crippen LogP contribution is -2.11. The van der Waals surface area contributed by atoms with Crippen molar-refractivity contribution in [1.82, 2.24) is 0 Å². The third kappa shape index (κ3) is 5.47. The second-order valence-electron chi connectivity index (χ2n) is 6.68. The Morgan fingerprint density at radius 2 is 1.83 bits per heavy atom. The minimum atomic E-state index is -0.153. The number of anilines is 1. The highest BCUT2D eigenvalue weighted by molar-refractivity contribution is 7.95. The maximum atomic E-state index is 12.8. The Kier molecular flexibility index (Phi) is 7.11. The second kappa shape index (κ2) is 9.57. The summed E-state index contributed by atoms with van der Waals surface area (Å²) in [6, 6.07) is 15.0. The molecule has 0 unspecified atom stereocenters. The molecule has 1 N–H and O–H groups in total. The van der Waals surface area contributed by atoms with E-state index in [-0.39, 0.29) is 5.91 Å². The number of hydrogen-bond acceptors (Lipinski definition) is 5. The molecule has 29 heavy (non-hydrogen) atoms. The van der Waals surface area contributed by atoms with Gasteiger partial charge in [-0.15, -0.1) is 11.3 Å². The lowest BCUT2D eigenvalue weighted by molar-refractivity contribution is 0.103. The Labute approximate surface area is 184 Å². The Morgan fingerprint density at radius 1 is 1.10 bits per heavy atom. The fraction of sp³-hybridized carbons (Fsp3) is 0.227. The number of carbonyl (C=O) groups excluding carboxylic acids is 1. The van der Waals surface area contributed by atoms with Gasteiger partial charge < -0.3 is 14.2 Å². The third-order valence-electron chi connectivity index (χ3n) is 4.00. The fourth-order valence-corrected chi connectivity index (χ4v) is 4.25. The van der Waals surface area contributed by atoms with Crippen molar-refractivity contribution < 1.29 is 13.7 Å². The molecule has 0 spiro atoms. The number of thiophene rings is 1. The predicted octanol–water partition coefficient (Wildman–Crippen LogP) is 7.07. The van der Waals surface area contributed by atoms with E-state index in [1.807, 2.05) is 51.1 Å². The van der Waals surface area contributed by atoms with E-state index < -0.39 is 0 Å². The van der Waals surface area contributed by atoms with Gasteiger partial charge >= 0.3 is 0 Å². The van der Waals surface area contributed by atoms with Gasteiger partial charge in [-0.1, -0.05) is 37.6 Å². The van der Waals surface area contributed by atoms with Crippen molar-refractivity contribution in [2.75, 3.05) is 12.4 Å². The number of ether oxygens (including phenoxy) is 1. The zero-order valence-corrected chi connectivity index (χ0v) is 19.0. The topological polar surface area (TPSA) is 47.6 Å². The van der Waals surface area contributed by atoms with Crippen LogP contribution in [0.4, 0.5) is 5.69 Å². The van der Waals surface area contributed by atoms with Crippen LogP contribution < -0.4 is 14.2 Å². The molecule has 152 valence electrons. The van der Waals surface area contributed by atoms with Crippen LogP contribution in [-0.2, 0) is 0 Å². The Bertz CT molecular complexity index is 1000. The maximum Gasteiger partial charge on any atom is 0.266 e. The van der Waals surface area contributed by atoms with E-state index in [9.17, 15) is 4.79 Å². The van der Waals surface area contributed by atoms with Crippen molar-refractivity contribution in [2.45, 2.75) is 26.0 Å². The highest BCUT2D eigenvalue weighted by Crippen LogP contribution is 2.35. The van der Waals surface area contributed by atoms with Gasteiger partial charge in [0.15, 0.2) is 11.5 Å². The first-order valence-corrected chi connectivity index (χ1v) is 11.1. The molecular formula is C22H22ClNO3S2. The molecule has 0 aliphatic carbocycles. The van der Waals surface area contributed by atoms with Crippen LogP contribution >= 0.6 is 35.0 Å². The van der Waals surface area contributed by atoms with Crippen molar-refractivity contribution in [3.63, 3.8) is 0 Å². The number of methoxy groups -OCH3 is 1. The minimum Gasteiger partial charge on any atom is -0.493 e. The molecule has 0 radical (unpaired) electrons. The summed E-state index contributed by atoms with van der Waals surface area (Å²) in [5, 5.41) is 3.97. The molecule has 0 saturated carbocycles. The van der Waals surface area contributed by atoms with E-state index in [1.54, 1.807) is 25.3 Å². The van der Waals surface area contributed by atoms with E-state index in [0.717, 1.165) is 16.0 Å². The minimum absolute atomic E-state index is 0.153. The number of halogens is 1. The maximum absolute atomic E-state index is 12.8. The van der Waals surface area contributed by atoms with Gasteiger partial charge in [0.2, 0.25) is 0 Å². The van der Waals surface area contributed by atoms with E-state index in [4.69, 9.17) is 20.5 Å². The van der Waals surface area contributed by atoms with Crippen LogP contribution in [0, 0.1) is 6.92 Å². The molecule has 3 rings (SSSR count). The summed E-state index contributed by atoms with van der Waals surface area (Å²) in [7, 11) is 1.58. The van der Waals surface area contributed by atoms with Crippen LogP contribution in [-0.4, -0.2) is 18.3 Å². The number of aryl methyl sites for hydroxylation is 1. The summed E-state index contributed by atoms with van der Waals surface area (Å²) in [5.41, 5.74) is 2.61. The summed E-state index contributed by atoms with van der Waals surface area (Å²) < 4.78 is 11.1. The van der Waals surface area contributed by atoms with Gasteiger partial charge in [-0.3, -0.25) is 4.79 Å². The number of amides is 1. The summed E-state index contributed by atoms with van der Waals surface area (Å²) >= 11 is 8.78. The number of hydrogen-bond donors (Lipinski definition) is 1. The highest BCUT2D eigenvalue weighted by Gasteiger charge is 2.16. The van der Waals surface area contributed by atoms with Gasteiger partial charge in [0.25, 0.3) is 5.91 Å². The van der Waals surface area contributed by atoms with Gasteiger partial charge in [-0.25, -0.2) is 0 Å². The molecule has 1 aromatic heterocycles. The molecule has 0 atom stereocenters. The lowest BCUT2D eigenvalue weighted by atomic mass is 10.1. The van der Waals surface area contributed by atoms with Crippen LogP contribution in [0.25, 0.3) is 10.4 Å². The van der Waals surface area contributed by atoms with Crippen LogP contribution in [0.1, 0.15) is 29.1 Å². The van der Waals surface area contributed by atoms with Crippen molar-refractivity contribution >= 4 is 46.6 Å². The average Bonchev–Trinajstić information content (AvgIpc) is 3.09. The van der Waals surface area contributed by atoms with E-state index >= 15 is 0 Å². The van der Waals surface area contributed by atoms with Gasteiger partial charge in [0, 0.05) is 26.9 Å². The normalized spacial score (nSPS) is 10.8. The number of carbonyl (C=O) groups is 1. The van der Waals surface area contributed by atoms with Gasteiger partial charge in [0.1, 0.15) is 0 Å². The molecule has 2 aromatic carbocycles. The molecule has 0 saturated heterocycles. The van der Waals surface area contributed by atoms with Crippen LogP contribution in [0.15, 0.2) is 48.5 Å². The molecule has 4 nitrogen and oxygen atoms in total. The summed E-state index contributed by atoms with van der Waals surface area (Å²) in [4.78, 5) is 14.5. The second-order valence-corrected chi connectivity index (χ2v) is 9.47. The number of benzene rings is 2. The van der Waals surface area contributed by atoms with Crippen LogP contribution in [0.2, 0.25) is 5.02 Å². The molecule has 3 aromatic rings. The van der Waals surface area contributed by atoms with Crippen LogP contribution in [0.3, 0.4) is 0 Å². The predicted molar refractivity (Wildman–Crippen MR) is 124 cm³/mol. The summed E-state index contributed by atoms with van der Waals surface area (Å²) in [5.74, 6) is 1.04. The summed E-state index contributed by atoms with van der Waals surface area (Å²) in [6.45, 7) is 6.03. The van der Waals surface area contributed by atoms with Gasteiger partial charge in [-0.05, 0) is 48.4 Å². The molecule has 0 aliphatic heterocycles. The molecular weight excluding hydrogens is 426 g/mol. The standard InChI is InChI=1S/C22H22ClNO3S2/c1-13(2)29-27-18-10-9-17(12-19(18)26-4)24-22(25)21-14(3)11-20(28-21)15-5-7-16(23)8-6-15/h5-13H,1-4H3,(H,24,25). The zero-order chi connectivity index (χ0) is 21.0. The molecule has 0 bridgehead atoms. The highest BCUT2D eigenvalue weighted by atomic mass is 35.5. The van der Waals surface area contributed by atoms with Crippen molar-refractivity contribution in [2.24, 2.45) is 0 Å². The van der Waals surface area contributed by atoms with Crippen LogP contribution in [0.5, 0.6) is 11.5 Å². The molecule has 0 fully saturated rings. The molecule has 1 heterocycles. The SMILES string of the molecule is COc1cc(NC(=O)c2sc(-c3ccc(Cl)cc3)cc2C)ccc1OSC(C)C. The average molecular weight is 448 g/mol. The first-order chi connectivity index (χ1) is 13.9. The summed E-state index contributed by atoms with van der Waals surface area (Å²) in [6.07, 6.45) is 0. The quantitative estimate of drug-likeness (QED) is 0.393. The lowest BCUT2D eigenvalue weighted by Gasteiger charge is -2.12. The molecule has 7 heteroatoms. The number of rotatable bonds is 7. The first-order valence-electron chi connectivity index (χ1n) is 9.06. The smallest absolute Gasteiger partial charge is 0.266 e. The van der Waals surface area contributed by atoms with E-state index in [1.165, 1.54) is 23.4 Å².